The molecule has 0 spiro atoms. The van der Waals surface area contributed by atoms with E-state index < -0.39 is 0 Å². The standard InChI is InChI=1S/C15H24O2/c1-5-12(4)14(16)10-17-15-9-7-6-8-13(15)11(2)3/h6-9,11-12,14,16H,5,10H2,1-4H3. The van der Waals surface area contributed by atoms with Gasteiger partial charge in [0.05, 0.1) is 6.10 Å². The molecule has 96 valence electrons. The van der Waals surface area contributed by atoms with Crippen LogP contribution < -0.4 is 4.74 Å². The van der Waals surface area contributed by atoms with Crippen molar-refractivity contribution in [1.82, 2.24) is 0 Å². The Balaban J connectivity index is 2.63. The number of rotatable bonds is 6. The smallest absolute Gasteiger partial charge is 0.122 e. The lowest BCUT2D eigenvalue weighted by Gasteiger charge is -2.19. The summed E-state index contributed by atoms with van der Waals surface area (Å²) in [6.45, 7) is 8.79. The average Bonchev–Trinajstić information content (AvgIpc) is 2.35. The van der Waals surface area contributed by atoms with Gasteiger partial charge < -0.3 is 9.84 Å². The molecule has 17 heavy (non-hydrogen) atoms. The van der Waals surface area contributed by atoms with E-state index in [4.69, 9.17) is 4.74 Å². The Labute approximate surface area is 105 Å². The van der Waals surface area contributed by atoms with Crippen molar-refractivity contribution in [2.75, 3.05) is 6.61 Å². The van der Waals surface area contributed by atoms with E-state index in [1.165, 1.54) is 5.56 Å². The van der Waals surface area contributed by atoms with Crippen LogP contribution >= 0.6 is 0 Å². The van der Waals surface area contributed by atoms with Gasteiger partial charge in [-0.25, -0.2) is 0 Å². The molecule has 1 N–H and O–H groups in total. The Morgan fingerprint density at radius 3 is 2.41 bits per heavy atom. The lowest BCUT2D eigenvalue weighted by atomic mass is 10.0. The van der Waals surface area contributed by atoms with Crippen molar-refractivity contribution in [3.8, 4) is 5.75 Å². The molecule has 2 nitrogen and oxygen atoms in total. The number of hydrogen-bond acceptors (Lipinski definition) is 2. The van der Waals surface area contributed by atoms with E-state index in [0.29, 0.717) is 12.5 Å². The Bertz CT molecular complexity index is 333. The van der Waals surface area contributed by atoms with Crippen LogP contribution in [0.4, 0.5) is 0 Å². The van der Waals surface area contributed by atoms with Crippen LogP contribution in [0.5, 0.6) is 5.75 Å². The molecule has 0 aliphatic heterocycles. The number of benzene rings is 1. The predicted octanol–water partition coefficient (Wildman–Crippen LogP) is 3.60. The number of hydrogen-bond donors (Lipinski definition) is 1. The average molecular weight is 236 g/mol. The molecule has 0 fully saturated rings. The third kappa shape index (κ3) is 4.04. The molecular formula is C15H24O2. The number of ether oxygens (including phenoxy) is 1. The maximum atomic E-state index is 9.88. The lowest BCUT2D eigenvalue weighted by molar-refractivity contribution is 0.0617. The van der Waals surface area contributed by atoms with Gasteiger partial charge in [-0.15, -0.1) is 0 Å². The van der Waals surface area contributed by atoms with E-state index >= 15 is 0 Å². The number of aliphatic hydroxyl groups excluding tert-OH is 1. The molecule has 0 saturated carbocycles. The minimum absolute atomic E-state index is 0.279. The molecule has 2 atom stereocenters. The minimum atomic E-state index is -0.389. The van der Waals surface area contributed by atoms with Crippen LogP contribution in [0.1, 0.15) is 45.6 Å². The highest BCUT2D eigenvalue weighted by Crippen LogP contribution is 2.26. The maximum absolute atomic E-state index is 9.88. The Kier molecular flexibility index (Phi) is 5.49. The first-order chi connectivity index (χ1) is 8.06. The molecule has 0 radical (unpaired) electrons. The summed E-state index contributed by atoms with van der Waals surface area (Å²) in [5, 5.41) is 9.88. The Hall–Kier alpha value is -1.02. The second-order valence-corrected chi connectivity index (χ2v) is 4.96. The summed E-state index contributed by atoms with van der Waals surface area (Å²) in [6, 6.07) is 8.04. The SMILES string of the molecule is CCC(C)C(O)COc1ccccc1C(C)C. The first-order valence-electron chi connectivity index (χ1n) is 6.46. The van der Waals surface area contributed by atoms with Gasteiger partial charge >= 0.3 is 0 Å². The van der Waals surface area contributed by atoms with Crippen LogP contribution in [0.15, 0.2) is 24.3 Å². The van der Waals surface area contributed by atoms with Crippen LogP contribution in [0.2, 0.25) is 0 Å². The normalized spacial score (nSPS) is 14.7. The van der Waals surface area contributed by atoms with Crippen LogP contribution in [0, 0.1) is 5.92 Å². The molecule has 0 bridgehead atoms. The summed E-state index contributed by atoms with van der Waals surface area (Å²) in [5.41, 5.74) is 1.20. The van der Waals surface area contributed by atoms with Gasteiger partial charge in [-0.05, 0) is 23.5 Å². The van der Waals surface area contributed by atoms with E-state index in [1.54, 1.807) is 0 Å². The van der Waals surface area contributed by atoms with Crippen molar-refractivity contribution in [3.63, 3.8) is 0 Å². The summed E-state index contributed by atoms with van der Waals surface area (Å²) in [4.78, 5) is 0. The largest absolute Gasteiger partial charge is 0.491 e. The number of aliphatic hydroxyl groups is 1. The van der Waals surface area contributed by atoms with Crippen molar-refractivity contribution in [1.29, 1.82) is 0 Å². The van der Waals surface area contributed by atoms with Gasteiger partial charge in [-0.1, -0.05) is 52.3 Å². The summed E-state index contributed by atoms with van der Waals surface area (Å²) in [7, 11) is 0. The second kappa shape index (κ2) is 6.65. The molecule has 2 unspecified atom stereocenters. The quantitative estimate of drug-likeness (QED) is 0.817. The summed E-state index contributed by atoms with van der Waals surface area (Å²) in [5.74, 6) is 1.61. The van der Waals surface area contributed by atoms with Crippen LogP contribution in [-0.2, 0) is 0 Å². The lowest BCUT2D eigenvalue weighted by Crippen LogP contribution is -2.25. The van der Waals surface area contributed by atoms with Crippen molar-refractivity contribution < 1.29 is 9.84 Å². The highest BCUT2D eigenvalue weighted by molar-refractivity contribution is 5.35. The monoisotopic (exact) mass is 236 g/mol. The van der Waals surface area contributed by atoms with Crippen LogP contribution in [0.25, 0.3) is 0 Å². The fraction of sp³-hybridized carbons (Fsp3) is 0.600. The van der Waals surface area contributed by atoms with Crippen molar-refractivity contribution in [2.45, 2.75) is 46.1 Å². The van der Waals surface area contributed by atoms with Crippen LogP contribution in [0.3, 0.4) is 0 Å². The van der Waals surface area contributed by atoms with Crippen molar-refractivity contribution in [2.24, 2.45) is 5.92 Å². The molecule has 0 heterocycles. The van der Waals surface area contributed by atoms with Crippen molar-refractivity contribution in [3.05, 3.63) is 29.8 Å². The predicted molar refractivity (Wildman–Crippen MR) is 71.5 cm³/mol. The third-order valence-corrected chi connectivity index (χ3v) is 3.25. The highest BCUT2D eigenvalue weighted by atomic mass is 16.5. The van der Waals surface area contributed by atoms with Gasteiger partial charge in [0.25, 0.3) is 0 Å². The van der Waals surface area contributed by atoms with E-state index in [-0.39, 0.29) is 12.0 Å². The summed E-state index contributed by atoms with van der Waals surface area (Å²) in [6.07, 6.45) is 0.580. The van der Waals surface area contributed by atoms with E-state index in [2.05, 4.69) is 26.8 Å². The summed E-state index contributed by atoms with van der Waals surface area (Å²) >= 11 is 0. The fourth-order valence-electron chi connectivity index (χ4n) is 1.70. The van der Waals surface area contributed by atoms with Crippen molar-refractivity contribution >= 4 is 0 Å². The fourth-order valence-corrected chi connectivity index (χ4v) is 1.70. The second-order valence-electron chi connectivity index (χ2n) is 4.96. The zero-order chi connectivity index (χ0) is 12.8. The summed E-state index contributed by atoms with van der Waals surface area (Å²) < 4.78 is 5.73. The first-order valence-corrected chi connectivity index (χ1v) is 6.46. The first kappa shape index (κ1) is 14.0. The molecular weight excluding hydrogens is 212 g/mol. The molecule has 1 aromatic carbocycles. The van der Waals surface area contributed by atoms with E-state index in [9.17, 15) is 5.11 Å². The Morgan fingerprint density at radius 2 is 1.82 bits per heavy atom. The van der Waals surface area contributed by atoms with E-state index in [0.717, 1.165) is 12.2 Å². The topological polar surface area (TPSA) is 29.5 Å². The minimum Gasteiger partial charge on any atom is -0.491 e. The maximum Gasteiger partial charge on any atom is 0.122 e. The molecule has 0 aromatic heterocycles. The zero-order valence-electron chi connectivity index (χ0n) is 11.3. The van der Waals surface area contributed by atoms with Gasteiger partial charge in [0.15, 0.2) is 0 Å². The molecule has 0 saturated heterocycles. The zero-order valence-corrected chi connectivity index (χ0v) is 11.3. The van der Waals surface area contributed by atoms with Gasteiger partial charge in [0.2, 0.25) is 0 Å². The van der Waals surface area contributed by atoms with Gasteiger partial charge in [0, 0.05) is 0 Å². The van der Waals surface area contributed by atoms with Crippen LogP contribution in [-0.4, -0.2) is 17.8 Å². The molecule has 1 aromatic rings. The van der Waals surface area contributed by atoms with E-state index in [1.807, 2.05) is 25.1 Å². The third-order valence-electron chi connectivity index (χ3n) is 3.25. The van der Waals surface area contributed by atoms with Gasteiger partial charge in [0.1, 0.15) is 12.4 Å². The Morgan fingerprint density at radius 1 is 1.18 bits per heavy atom. The molecule has 2 heteroatoms. The molecule has 0 amide bonds. The molecule has 1 rings (SSSR count). The van der Waals surface area contributed by atoms with Gasteiger partial charge in [-0.3, -0.25) is 0 Å². The number of para-hydroxylation sites is 1. The highest BCUT2D eigenvalue weighted by Gasteiger charge is 2.14. The van der Waals surface area contributed by atoms with Gasteiger partial charge in [-0.2, -0.15) is 0 Å². The molecule has 0 aliphatic carbocycles. The molecule has 0 aliphatic rings.